The summed E-state index contributed by atoms with van der Waals surface area (Å²) in [6.45, 7) is 2.40. The fraction of sp³-hybridized carbons (Fsp3) is 0.273. The van der Waals surface area contributed by atoms with Crippen molar-refractivity contribution in [2.75, 3.05) is 0 Å². The molecule has 0 aliphatic heterocycles. The molecule has 16 heavy (non-hydrogen) atoms. The predicted molar refractivity (Wildman–Crippen MR) is 60.7 cm³/mol. The van der Waals surface area contributed by atoms with E-state index in [4.69, 9.17) is 16.0 Å². The van der Waals surface area contributed by atoms with Gasteiger partial charge in [0.05, 0.1) is 19.1 Å². The third-order valence-electron chi connectivity index (χ3n) is 2.29. The third kappa shape index (κ3) is 2.17. The molecule has 0 N–H and O–H groups in total. The van der Waals surface area contributed by atoms with Crippen LogP contribution in [-0.4, -0.2) is 9.55 Å². The van der Waals surface area contributed by atoms with Crippen LogP contribution < -0.4 is 5.56 Å². The quantitative estimate of drug-likeness (QED) is 0.770. The summed E-state index contributed by atoms with van der Waals surface area (Å²) < 4.78 is 6.56. The van der Waals surface area contributed by atoms with E-state index in [1.165, 1.54) is 6.07 Å². The first kappa shape index (κ1) is 11.0. The largest absolute Gasteiger partial charge is 0.472 e. The lowest BCUT2D eigenvalue weighted by Crippen LogP contribution is -2.24. The van der Waals surface area contributed by atoms with Crippen LogP contribution in [0.5, 0.6) is 0 Å². The maximum atomic E-state index is 11.8. The molecule has 0 fully saturated rings. The van der Waals surface area contributed by atoms with Crippen molar-refractivity contribution in [2.45, 2.75) is 19.9 Å². The lowest BCUT2D eigenvalue weighted by molar-refractivity contribution is 0.560. The van der Waals surface area contributed by atoms with Gasteiger partial charge in [-0.05, 0) is 6.07 Å². The van der Waals surface area contributed by atoms with E-state index in [9.17, 15) is 4.79 Å². The van der Waals surface area contributed by atoms with Gasteiger partial charge in [-0.3, -0.25) is 9.36 Å². The lowest BCUT2D eigenvalue weighted by atomic mass is 10.3. The number of aryl methyl sites for hydroxylation is 1. The second-order valence-corrected chi connectivity index (χ2v) is 3.79. The van der Waals surface area contributed by atoms with E-state index in [1.54, 1.807) is 17.1 Å². The number of furan rings is 1. The number of rotatable bonds is 3. The van der Waals surface area contributed by atoms with Gasteiger partial charge < -0.3 is 4.42 Å². The summed E-state index contributed by atoms with van der Waals surface area (Å²) in [5.74, 6) is 0.679. The smallest absolute Gasteiger partial charge is 0.255 e. The molecule has 0 aliphatic carbocycles. The molecule has 2 aromatic rings. The Morgan fingerprint density at radius 1 is 1.56 bits per heavy atom. The SMILES string of the molecule is CCc1nc(Cl)cc(=O)n1Cc1ccoc1. The van der Waals surface area contributed by atoms with E-state index >= 15 is 0 Å². The molecule has 2 aromatic heterocycles. The highest BCUT2D eigenvalue weighted by Gasteiger charge is 2.07. The average molecular weight is 239 g/mol. The minimum atomic E-state index is -0.141. The number of nitrogens with zero attached hydrogens (tertiary/aromatic N) is 2. The first-order valence-electron chi connectivity index (χ1n) is 4.98. The Balaban J connectivity index is 2.43. The van der Waals surface area contributed by atoms with Gasteiger partial charge in [-0.1, -0.05) is 18.5 Å². The molecule has 0 aliphatic rings. The van der Waals surface area contributed by atoms with Gasteiger partial charge in [-0.2, -0.15) is 0 Å². The Morgan fingerprint density at radius 2 is 2.38 bits per heavy atom. The van der Waals surface area contributed by atoms with Crippen LogP contribution in [0.3, 0.4) is 0 Å². The Kier molecular flexibility index (Phi) is 3.10. The van der Waals surface area contributed by atoms with Gasteiger partial charge in [0, 0.05) is 18.1 Å². The van der Waals surface area contributed by atoms with Crippen LogP contribution in [0, 0.1) is 0 Å². The molecule has 5 heteroatoms. The first-order chi connectivity index (χ1) is 7.70. The van der Waals surface area contributed by atoms with Gasteiger partial charge in [0.15, 0.2) is 0 Å². The zero-order valence-electron chi connectivity index (χ0n) is 8.81. The van der Waals surface area contributed by atoms with Crippen LogP contribution in [-0.2, 0) is 13.0 Å². The van der Waals surface area contributed by atoms with E-state index in [1.807, 2.05) is 13.0 Å². The standard InChI is InChI=1S/C11H11ClN2O2/c1-2-10-13-9(12)5-11(15)14(10)6-8-3-4-16-7-8/h3-5,7H,2,6H2,1H3. The molecule has 2 rings (SSSR count). The van der Waals surface area contributed by atoms with Gasteiger partial charge in [0.25, 0.3) is 5.56 Å². The molecule has 2 heterocycles. The van der Waals surface area contributed by atoms with Crippen molar-refractivity contribution in [3.63, 3.8) is 0 Å². The highest BCUT2D eigenvalue weighted by atomic mass is 35.5. The van der Waals surface area contributed by atoms with Crippen LogP contribution in [0.4, 0.5) is 0 Å². The van der Waals surface area contributed by atoms with Crippen molar-refractivity contribution in [3.05, 3.63) is 51.6 Å². The summed E-state index contributed by atoms with van der Waals surface area (Å²) in [4.78, 5) is 15.9. The maximum absolute atomic E-state index is 11.8. The summed E-state index contributed by atoms with van der Waals surface area (Å²) in [7, 11) is 0. The third-order valence-corrected chi connectivity index (χ3v) is 2.49. The Hall–Kier alpha value is -1.55. The predicted octanol–water partition coefficient (Wildman–Crippen LogP) is 2.10. The fourth-order valence-electron chi connectivity index (χ4n) is 1.53. The minimum absolute atomic E-state index is 0.141. The molecule has 0 atom stereocenters. The summed E-state index contributed by atoms with van der Waals surface area (Å²) in [6.07, 6.45) is 3.85. The molecule has 0 unspecified atom stereocenters. The van der Waals surface area contributed by atoms with Crippen molar-refractivity contribution in [2.24, 2.45) is 0 Å². The first-order valence-corrected chi connectivity index (χ1v) is 5.36. The molecule has 0 spiro atoms. The van der Waals surface area contributed by atoms with Crippen molar-refractivity contribution in [1.29, 1.82) is 0 Å². The van der Waals surface area contributed by atoms with Crippen molar-refractivity contribution >= 4 is 11.6 Å². The minimum Gasteiger partial charge on any atom is -0.472 e. The fourth-order valence-corrected chi connectivity index (χ4v) is 1.72. The average Bonchev–Trinajstić information content (AvgIpc) is 2.74. The summed E-state index contributed by atoms with van der Waals surface area (Å²) >= 11 is 5.74. The molecule has 0 radical (unpaired) electrons. The number of halogens is 1. The number of aromatic nitrogens is 2. The second kappa shape index (κ2) is 4.53. The highest BCUT2D eigenvalue weighted by Crippen LogP contribution is 2.07. The normalized spacial score (nSPS) is 10.6. The molecule has 84 valence electrons. The molecule has 0 saturated heterocycles. The van der Waals surface area contributed by atoms with E-state index in [0.717, 1.165) is 5.56 Å². The van der Waals surface area contributed by atoms with Crippen LogP contribution >= 0.6 is 11.6 Å². The highest BCUT2D eigenvalue weighted by molar-refractivity contribution is 6.29. The number of hydrogen-bond donors (Lipinski definition) is 0. The van der Waals surface area contributed by atoms with Gasteiger partial charge in [0.1, 0.15) is 11.0 Å². The molecule has 0 aromatic carbocycles. The van der Waals surface area contributed by atoms with Crippen LogP contribution in [0.1, 0.15) is 18.3 Å². The van der Waals surface area contributed by atoms with Gasteiger partial charge >= 0.3 is 0 Å². The van der Waals surface area contributed by atoms with Gasteiger partial charge in [0.2, 0.25) is 0 Å². The number of hydrogen-bond acceptors (Lipinski definition) is 3. The van der Waals surface area contributed by atoms with E-state index in [0.29, 0.717) is 18.8 Å². The second-order valence-electron chi connectivity index (χ2n) is 3.40. The van der Waals surface area contributed by atoms with Crippen LogP contribution in [0.2, 0.25) is 5.15 Å². The van der Waals surface area contributed by atoms with E-state index < -0.39 is 0 Å². The molecular formula is C11H11ClN2O2. The Bertz CT molecular complexity index is 531. The van der Waals surface area contributed by atoms with Crippen molar-refractivity contribution in [3.8, 4) is 0 Å². The van der Waals surface area contributed by atoms with Gasteiger partial charge in [-0.15, -0.1) is 0 Å². The monoisotopic (exact) mass is 238 g/mol. The maximum Gasteiger partial charge on any atom is 0.255 e. The van der Waals surface area contributed by atoms with Gasteiger partial charge in [-0.25, -0.2) is 4.98 Å². The lowest BCUT2D eigenvalue weighted by Gasteiger charge is -2.09. The molecule has 0 amide bonds. The Labute approximate surface area is 97.5 Å². The van der Waals surface area contributed by atoms with Crippen molar-refractivity contribution < 1.29 is 4.42 Å². The summed E-state index contributed by atoms with van der Waals surface area (Å²) in [6, 6.07) is 3.14. The zero-order chi connectivity index (χ0) is 11.5. The van der Waals surface area contributed by atoms with E-state index in [2.05, 4.69) is 4.98 Å². The molecule has 0 saturated carbocycles. The summed E-state index contributed by atoms with van der Waals surface area (Å²) in [5, 5.41) is 0.241. The Morgan fingerprint density at radius 3 is 3.00 bits per heavy atom. The molecular weight excluding hydrogens is 228 g/mol. The zero-order valence-corrected chi connectivity index (χ0v) is 9.57. The van der Waals surface area contributed by atoms with Crippen LogP contribution in [0.15, 0.2) is 33.9 Å². The van der Waals surface area contributed by atoms with Crippen LogP contribution in [0.25, 0.3) is 0 Å². The van der Waals surface area contributed by atoms with Crippen molar-refractivity contribution in [1.82, 2.24) is 9.55 Å². The van der Waals surface area contributed by atoms with E-state index in [-0.39, 0.29) is 10.7 Å². The molecule has 4 nitrogen and oxygen atoms in total. The molecule has 0 bridgehead atoms. The summed E-state index contributed by atoms with van der Waals surface area (Å²) in [5.41, 5.74) is 0.791. The topological polar surface area (TPSA) is 48.0 Å².